The first-order valence-electron chi connectivity index (χ1n) is 8.68. The van der Waals surface area contributed by atoms with Crippen LogP contribution in [0.25, 0.3) is 11.3 Å². The first kappa shape index (κ1) is 18.4. The van der Waals surface area contributed by atoms with Gasteiger partial charge in [0.25, 0.3) is 5.91 Å². The molecule has 3 rings (SSSR count). The summed E-state index contributed by atoms with van der Waals surface area (Å²) in [6.45, 7) is 2.70. The number of methoxy groups -OCH3 is 2. The van der Waals surface area contributed by atoms with E-state index in [9.17, 15) is 9.90 Å². The number of hydrogen-bond donors (Lipinski definition) is 1. The van der Waals surface area contributed by atoms with Crippen LogP contribution in [0.1, 0.15) is 42.0 Å². The number of aliphatic hydroxyl groups excluding tert-OH is 1. The van der Waals surface area contributed by atoms with Crippen molar-refractivity contribution in [3.63, 3.8) is 0 Å². The maximum absolute atomic E-state index is 13.3. The van der Waals surface area contributed by atoms with E-state index < -0.39 is 6.10 Å². The average molecular weight is 360 g/mol. The molecular formula is C19H24N2O5. The number of carbonyl (C=O) groups excluding carboxylic acids is 1. The van der Waals surface area contributed by atoms with Gasteiger partial charge < -0.3 is 24.0 Å². The summed E-state index contributed by atoms with van der Waals surface area (Å²) in [7, 11) is 3.22. The summed E-state index contributed by atoms with van der Waals surface area (Å²) in [5, 5.41) is 14.1. The monoisotopic (exact) mass is 360 g/mol. The number of ether oxygens (including phenoxy) is 2. The molecule has 0 spiro atoms. The van der Waals surface area contributed by atoms with Crippen LogP contribution in [0, 0.1) is 0 Å². The fourth-order valence-electron chi connectivity index (χ4n) is 3.35. The van der Waals surface area contributed by atoms with Crippen molar-refractivity contribution in [1.82, 2.24) is 10.1 Å². The van der Waals surface area contributed by atoms with Crippen LogP contribution in [-0.2, 0) is 4.74 Å². The van der Waals surface area contributed by atoms with E-state index in [1.165, 1.54) is 0 Å². The Morgan fingerprint density at radius 2 is 2.12 bits per heavy atom. The fraction of sp³-hybridized carbons (Fsp3) is 0.474. The molecule has 1 fully saturated rings. The van der Waals surface area contributed by atoms with Crippen LogP contribution < -0.4 is 4.74 Å². The third-order valence-corrected chi connectivity index (χ3v) is 4.67. The third-order valence-electron chi connectivity index (χ3n) is 4.67. The second-order valence-corrected chi connectivity index (χ2v) is 6.42. The predicted molar refractivity (Wildman–Crippen MR) is 95.1 cm³/mol. The smallest absolute Gasteiger partial charge is 0.260 e. The molecule has 2 unspecified atom stereocenters. The van der Waals surface area contributed by atoms with Crippen molar-refractivity contribution in [2.75, 3.05) is 27.4 Å². The van der Waals surface area contributed by atoms with Gasteiger partial charge in [-0.1, -0.05) is 5.16 Å². The highest BCUT2D eigenvalue weighted by Gasteiger charge is 2.35. The van der Waals surface area contributed by atoms with Gasteiger partial charge in [0.1, 0.15) is 23.1 Å². The van der Waals surface area contributed by atoms with Crippen molar-refractivity contribution < 1.29 is 23.9 Å². The van der Waals surface area contributed by atoms with Gasteiger partial charge in [-0.15, -0.1) is 0 Å². The minimum absolute atomic E-state index is 0.0213. The number of nitrogens with zero attached hydrogens (tertiary/aromatic N) is 2. The van der Waals surface area contributed by atoms with E-state index in [0.29, 0.717) is 30.2 Å². The highest BCUT2D eigenvalue weighted by Crippen LogP contribution is 2.33. The maximum Gasteiger partial charge on any atom is 0.260 e. The number of benzene rings is 1. The predicted octanol–water partition coefficient (Wildman–Crippen LogP) is 2.65. The number of rotatable bonds is 6. The van der Waals surface area contributed by atoms with Crippen LogP contribution in [0.5, 0.6) is 5.75 Å². The average Bonchev–Trinajstić information content (AvgIpc) is 3.28. The number of carbonyl (C=O) groups is 1. The topological polar surface area (TPSA) is 85.0 Å². The zero-order valence-electron chi connectivity index (χ0n) is 15.3. The summed E-state index contributed by atoms with van der Waals surface area (Å²) in [4.78, 5) is 15.1. The normalized spacial score (nSPS) is 18.2. The summed E-state index contributed by atoms with van der Waals surface area (Å²) in [6.07, 6.45) is 0.886. The van der Waals surface area contributed by atoms with Crippen molar-refractivity contribution in [3.05, 3.63) is 35.6 Å². The van der Waals surface area contributed by atoms with Gasteiger partial charge in [0, 0.05) is 19.2 Å². The molecule has 2 atom stereocenters. The van der Waals surface area contributed by atoms with E-state index in [-0.39, 0.29) is 17.7 Å². The molecule has 1 saturated heterocycles. The van der Waals surface area contributed by atoms with Crippen LogP contribution in [0.2, 0.25) is 0 Å². The molecule has 1 aromatic heterocycles. The number of hydrogen-bond acceptors (Lipinski definition) is 6. The van der Waals surface area contributed by atoms with Crippen LogP contribution in [0.4, 0.5) is 0 Å². The Labute approximate surface area is 152 Å². The van der Waals surface area contributed by atoms with E-state index in [1.807, 2.05) is 12.1 Å². The Balaban J connectivity index is 2.01. The van der Waals surface area contributed by atoms with Crippen molar-refractivity contribution in [2.24, 2.45) is 0 Å². The number of aromatic nitrogens is 1. The van der Waals surface area contributed by atoms with Gasteiger partial charge in [-0.25, -0.2) is 0 Å². The molecule has 7 heteroatoms. The molecule has 1 amide bonds. The summed E-state index contributed by atoms with van der Waals surface area (Å²) < 4.78 is 15.8. The first-order chi connectivity index (χ1) is 12.6. The Bertz CT molecular complexity index is 754. The van der Waals surface area contributed by atoms with Crippen molar-refractivity contribution in [3.8, 4) is 17.0 Å². The van der Waals surface area contributed by atoms with Gasteiger partial charge >= 0.3 is 0 Å². The molecule has 0 saturated carbocycles. The van der Waals surface area contributed by atoms with Crippen LogP contribution >= 0.6 is 0 Å². The number of amides is 1. The first-order valence-corrected chi connectivity index (χ1v) is 8.68. The summed E-state index contributed by atoms with van der Waals surface area (Å²) in [6, 6.07) is 7.24. The Hall–Kier alpha value is -2.38. The van der Waals surface area contributed by atoms with Crippen LogP contribution in [0.3, 0.4) is 0 Å². The quantitative estimate of drug-likeness (QED) is 0.852. The molecule has 2 aromatic rings. The Kier molecular flexibility index (Phi) is 5.58. The maximum atomic E-state index is 13.3. The second kappa shape index (κ2) is 7.88. The Morgan fingerprint density at radius 3 is 2.73 bits per heavy atom. The molecule has 140 valence electrons. The second-order valence-electron chi connectivity index (χ2n) is 6.42. The summed E-state index contributed by atoms with van der Waals surface area (Å²) >= 11 is 0. The molecular weight excluding hydrogens is 336 g/mol. The van der Waals surface area contributed by atoms with Gasteiger partial charge in [0.2, 0.25) is 0 Å². The number of likely N-dealkylation sites (tertiary alicyclic amines) is 1. The molecule has 1 aliphatic heterocycles. The summed E-state index contributed by atoms with van der Waals surface area (Å²) in [5.41, 5.74) is 1.47. The lowest BCUT2D eigenvalue weighted by Crippen LogP contribution is -2.38. The van der Waals surface area contributed by atoms with Crippen molar-refractivity contribution in [2.45, 2.75) is 31.9 Å². The number of aliphatic hydroxyl groups is 1. The zero-order valence-corrected chi connectivity index (χ0v) is 15.3. The van der Waals surface area contributed by atoms with Gasteiger partial charge in [0.15, 0.2) is 5.76 Å². The van der Waals surface area contributed by atoms with Crippen molar-refractivity contribution >= 4 is 5.91 Å². The molecule has 7 nitrogen and oxygen atoms in total. The van der Waals surface area contributed by atoms with Crippen LogP contribution in [-0.4, -0.2) is 54.5 Å². The third kappa shape index (κ3) is 3.45. The fourth-order valence-corrected chi connectivity index (χ4v) is 3.35. The molecule has 2 heterocycles. The van der Waals surface area contributed by atoms with E-state index in [1.54, 1.807) is 38.2 Å². The van der Waals surface area contributed by atoms with E-state index in [2.05, 4.69) is 5.16 Å². The molecule has 0 radical (unpaired) electrons. The van der Waals surface area contributed by atoms with Crippen molar-refractivity contribution in [1.29, 1.82) is 0 Å². The largest absolute Gasteiger partial charge is 0.497 e. The summed E-state index contributed by atoms with van der Waals surface area (Å²) in [5.74, 6) is 0.706. The molecule has 0 aliphatic carbocycles. The zero-order chi connectivity index (χ0) is 18.7. The molecule has 26 heavy (non-hydrogen) atoms. The minimum Gasteiger partial charge on any atom is -0.497 e. The van der Waals surface area contributed by atoms with E-state index in [0.717, 1.165) is 18.4 Å². The van der Waals surface area contributed by atoms with Gasteiger partial charge in [-0.05, 0) is 44.0 Å². The molecule has 0 bridgehead atoms. The van der Waals surface area contributed by atoms with Gasteiger partial charge in [-0.2, -0.15) is 0 Å². The Morgan fingerprint density at radius 1 is 1.38 bits per heavy atom. The van der Waals surface area contributed by atoms with Gasteiger partial charge in [0.05, 0.1) is 19.8 Å². The lowest BCUT2D eigenvalue weighted by molar-refractivity contribution is 0.0621. The lowest BCUT2D eigenvalue weighted by Gasteiger charge is -2.24. The van der Waals surface area contributed by atoms with Crippen LogP contribution in [0.15, 0.2) is 28.8 Å². The highest BCUT2D eigenvalue weighted by molar-refractivity contribution is 6.01. The SMILES string of the molecule is COCC1CCCN1C(=O)c1c(-c2ccc(OC)cc2)noc1C(C)O. The molecule has 1 aromatic carbocycles. The molecule has 1 aliphatic rings. The van der Waals surface area contributed by atoms with E-state index in [4.69, 9.17) is 14.0 Å². The highest BCUT2D eigenvalue weighted by atomic mass is 16.5. The van der Waals surface area contributed by atoms with E-state index >= 15 is 0 Å². The van der Waals surface area contributed by atoms with Gasteiger partial charge in [-0.3, -0.25) is 4.79 Å². The minimum atomic E-state index is -0.933. The molecule has 1 N–H and O–H groups in total. The standard InChI is InChI=1S/C19H24N2O5/c1-12(22)18-16(19(23)21-10-4-5-14(21)11-24-2)17(20-26-18)13-6-8-15(25-3)9-7-13/h6-9,12,14,22H,4-5,10-11H2,1-3H3. The lowest BCUT2D eigenvalue weighted by atomic mass is 10.0.